The summed E-state index contributed by atoms with van der Waals surface area (Å²) < 4.78 is 6.42. The molecule has 0 spiro atoms. The van der Waals surface area contributed by atoms with Crippen molar-refractivity contribution in [2.45, 2.75) is 78.1 Å². The van der Waals surface area contributed by atoms with E-state index in [4.69, 9.17) is 4.43 Å². The van der Waals surface area contributed by atoms with Gasteiger partial charge < -0.3 is 9.41 Å². The molecule has 136 valence electrons. The third-order valence-electron chi connectivity index (χ3n) is 6.19. The van der Waals surface area contributed by atoms with Crippen molar-refractivity contribution in [1.82, 2.24) is 4.98 Å². The second-order valence-electron chi connectivity index (χ2n) is 8.92. The van der Waals surface area contributed by atoms with Gasteiger partial charge in [0.15, 0.2) is 14.1 Å². The molecule has 1 N–H and O–H groups in total. The highest BCUT2D eigenvalue weighted by atomic mass is 28.4. The lowest BCUT2D eigenvalue weighted by Crippen LogP contribution is -2.40. The van der Waals surface area contributed by atoms with Gasteiger partial charge in [-0.25, -0.2) is 0 Å². The van der Waals surface area contributed by atoms with Gasteiger partial charge in [0.2, 0.25) is 0 Å². The van der Waals surface area contributed by atoms with Crippen molar-refractivity contribution in [1.29, 1.82) is 0 Å². The first kappa shape index (κ1) is 18.4. The highest BCUT2D eigenvalue weighted by molar-refractivity contribution is 6.74. The molecule has 0 aliphatic heterocycles. The SMILES string of the molecule is Cc1c(CO[Si](C)(C)C(C)(C)C)[nH]c2ccc3c(c12)CCCCC3=O. The molecule has 1 aromatic carbocycles. The van der Waals surface area contributed by atoms with E-state index in [0.717, 1.165) is 36.0 Å². The van der Waals surface area contributed by atoms with Crippen LogP contribution in [0.4, 0.5) is 0 Å². The van der Waals surface area contributed by atoms with E-state index in [9.17, 15) is 4.79 Å². The highest BCUT2D eigenvalue weighted by Gasteiger charge is 2.37. The molecular formula is C21H31NO2Si. The van der Waals surface area contributed by atoms with Crippen LogP contribution in [-0.2, 0) is 17.5 Å². The Morgan fingerprint density at radius 2 is 1.84 bits per heavy atom. The van der Waals surface area contributed by atoms with Crippen LogP contribution in [0.1, 0.15) is 67.2 Å². The number of aromatic amines is 1. The van der Waals surface area contributed by atoms with Crippen LogP contribution in [0.5, 0.6) is 0 Å². The average Bonchev–Trinajstić information content (AvgIpc) is 2.72. The van der Waals surface area contributed by atoms with E-state index in [0.29, 0.717) is 18.8 Å². The minimum atomic E-state index is -1.78. The van der Waals surface area contributed by atoms with Crippen LogP contribution in [0.15, 0.2) is 12.1 Å². The van der Waals surface area contributed by atoms with Crippen molar-refractivity contribution >= 4 is 25.0 Å². The van der Waals surface area contributed by atoms with E-state index in [1.807, 2.05) is 6.07 Å². The number of Topliss-reactive ketones (excluding diaryl/α,β-unsaturated/α-hetero) is 1. The molecule has 1 aliphatic carbocycles. The van der Waals surface area contributed by atoms with Crippen molar-refractivity contribution in [3.05, 3.63) is 34.5 Å². The van der Waals surface area contributed by atoms with E-state index in [2.05, 4.69) is 51.8 Å². The van der Waals surface area contributed by atoms with E-state index in [1.54, 1.807) is 0 Å². The standard InChI is InChI=1S/C21H31NO2Si/c1-14-18(13-24-25(5,6)21(2,3)4)22-17-12-11-15-16(20(14)17)9-7-8-10-19(15)23/h11-12,22H,7-10,13H2,1-6H3. The Labute approximate surface area is 152 Å². The van der Waals surface area contributed by atoms with Crippen molar-refractivity contribution in [2.24, 2.45) is 0 Å². The van der Waals surface area contributed by atoms with E-state index in [-0.39, 0.29) is 5.04 Å². The van der Waals surface area contributed by atoms with Crippen molar-refractivity contribution in [3.8, 4) is 0 Å². The molecule has 0 fully saturated rings. The maximum atomic E-state index is 12.4. The number of nitrogens with one attached hydrogen (secondary N) is 1. The molecule has 25 heavy (non-hydrogen) atoms. The molecule has 0 atom stereocenters. The van der Waals surface area contributed by atoms with Gasteiger partial charge in [-0.2, -0.15) is 0 Å². The second-order valence-corrected chi connectivity index (χ2v) is 13.7. The molecule has 2 aromatic rings. The Kier molecular flexibility index (Phi) is 4.71. The zero-order valence-corrected chi connectivity index (χ0v) is 17.5. The molecule has 1 aromatic heterocycles. The number of carbonyl (C=O) groups excluding carboxylic acids is 1. The zero-order chi connectivity index (χ0) is 18.4. The Morgan fingerprint density at radius 1 is 1.16 bits per heavy atom. The fraction of sp³-hybridized carbons (Fsp3) is 0.571. The van der Waals surface area contributed by atoms with Crippen LogP contribution >= 0.6 is 0 Å². The van der Waals surface area contributed by atoms with Crippen LogP contribution in [-0.4, -0.2) is 19.1 Å². The molecule has 0 radical (unpaired) electrons. The minimum Gasteiger partial charge on any atom is -0.411 e. The topological polar surface area (TPSA) is 42.1 Å². The summed E-state index contributed by atoms with van der Waals surface area (Å²) >= 11 is 0. The first-order chi connectivity index (χ1) is 11.6. The molecule has 1 heterocycles. The normalized spacial score (nSPS) is 16.2. The second kappa shape index (κ2) is 6.40. The summed E-state index contributed by atoms with van der Waals surface area (Å²) in [6.45, 7) is 14.2. The van der Waals surface area contributed by atoms with Crippen LogP contribution in [0, 0.1) is 6.92 Å². The van der Waals surface area contributed by atoms with Crippen LogP contribution in [0.2, 0.25) is 18.1 Å². The predicted molar refractivity (Wildman–Crippen MR) is 107 cm³/mol. The lowest BCUT2D eigenvalue weighted by molar-refractivity contribution is 0.0982. The number of benzene rings is 1. The average molecular weight is 358 g/mol. The number of H-pyrrole nitrogens is 1. The number of aryl methyl sites for hydroxylation is 2. The fourth-order valence-electron chi connectivity index (χ4n) is 3.44. The Morgan fingerprint density at radius 3 is 2.52 bits per heavy atom. The lowest BCUT2D eigenvalue weighted by Gasteiger charge is -2.36. The van der Waals surface area contributed by atoms with Gasteiger partial charge in [-0.3, -0.25) is 4.79 Å². The first-order valence-corrected chi connectivity index (χ1v) is 12.3. The Bertz CT molecular complexity index is 811. The molecule has 3 nitrogen and oxygen atoms in total. The van der Waals surface area contributed by atoms with Crippen molar-refractivity contribution < 1.29 is 9.22 Å². The maximum Gasteiger partial charge on any atom is 0.192 e. The lowest BCUT2D eigenvalue weighted by atomic mass is 9.96. The summed E-state index contributed by atoms with van der Waals surface area (Å²) in [7, 11) is -1.78. The molecule has 0 bridgehead atoms. The number of rotatable bonds is 3. The number of fused-ring (bicyclic) bond motifs is 3. The highest BCUT2D eigenvalue weighted by Crippen LogP contribution is 2.38. The molecule has 0 saturated heterocycles. The molecule has 0 amide bonds. The third kappa shape index (κ3) is 3.34. The van der Waals surface area contributed by atoms with E-state index < -0.39 is 8.32 Å². The predicted octanol–water partition coefficient (Wildman–Crippen LogP) is 5.91. The van der Waals surface area contributed by atoms with Gasteiger partial charge in [-0.1, -0.05) is 20.8 Å². The monoisotopic (exact) mass is 357 g/mol. The van der Waals surface area contributed by atoms with E-state index >= 15 is 0 Å². The number of aromatic nitrogens is 1. The third-order valence-corrected chi connectivity index (χ3v) is 10.7. The van der Waals surface area contributed by atoms with Crippen LogP contribution in [0.3, 0.4) is 0 Å². The largest absolute Gasteiger partial charge is 0.411 e. The number of carbonyl (C=O) groups is 1. The van der Waals surface area contributed by atoms with Crippen molar-refractivity contribution in [3.63, 3.8) is 0 Å². The molecular weight excluding hydrogens is 326 g/mol. The van der Waals surface area contributed by atoms with Gasteiger partial charge in [-0.05, 0) is 67.6 Å². The van der Waals surface area contributed by atoms with Gasteiger partial charge in [-0.15, -0.1) is 0 Å². The smallest absolute Gasteiger partial charge is 0.192 e. The molecule has 3 rings (SSSR count). The Hall–Kier alpha value is -1.39. The zero-order valence-electron chi connectivity index (χ0n) is 16.5. The van der Waals surface area contributed by atoms with Gasteiger partial charge >= 0.3 is 0 Å². The Balaban J connectivity index is 1.98. The summed E-state index contributed by atoms with van der Waals surface area (Å²) in [6, 6.07) is 4.08. The number of ketones is 1. The minimum absolute atomic E-state index is 0.205. The first-order valence-electron chi connectivity index (χ1n) is 9.42. The van der Waals surface area contributed by atoms with Gasteiger partial charge in [0, 0.05) is 28.6 Å². The van der Waals surface area contributed by atoms with Gasteiger partial charge in [0.25, 0.3) is 0 Å². The molecule has 0 unspecified atom stereocenters. The molecule has 4 heteroatoms. The maximum absolute atomic E-state index is 12.4. The van der Waals surface area contributed by atoms with Crippen LogP contribution < -0.4 is 0 Å². The number of hydrogen-bond donors (Lipinski definition) is 1. The summed E-state index contributed by atoms with van der Waals surface area (Å²) in [5, 5.41) is 1.46. The van der Waals surface area contributed by atoms with Gasteiger partial charge in [0.1, 0.15) is 0 Å². The molecule has 0 saturated carbocycles. The summed E-state index contributed by atoms with van der Waals surface area (Å²) in [4.78, 5) is 16.0. The summed E-state index contributed by atoms with van der Waals surface area (Å²) in [5.74, 6) is 0.300. The quantitative estimate of drug-likeness (QED) is 0.548. The van der Waals surface area contributed by atoms with Crippen molar-refractivity contribution in [2.75, 3.05) is 0 Å². The summed E-state index contributed by atoms with van der Waals surface area (Å²) in [6.07, 6.45) is 3.78. The number of hydrogen-bond acceptors (Lipinski definition) is 2. The molecule has 1 aliphatic rings. The fourth-order valence-corrected chi connectivity index (χ4v) is 4.38. The van der Waals surface area contributed by atoms with Crippen LogP contribution in [0.25, 0.3) is 10.9 Å². The summed E-state index contributed by atoms with van der Waals surface area (Å²) in [5.41, 5.74) is 5.72. The van der Waals surface area contributed by atoms with E-state index in [1.165, 1.54) is 16.5 Å². The van der Waals surface area contributed by atoms with Gasteiger partial charge in [0.05, 0.1) is 6.61 Å².